The molecule has 0 spiro atoms. The zero-order valence-corrected chi connectivity index (χ0v) is 16.5. The number of hydrogen-bond acceptors (Lipinski definition) is 6. The largest absolute Gasteiger partial charge is 0.391 e. The summed E-state index contributed by atoms with van der Waals surface area (Å²) in [4.78, 5) is 22.9. The summed E-state index contributed by atoms with van der Waals surface area (Å²) >= 11 is 0. The van der Waals surface area contributed by atoms with E-state index in [1.165, 1.54) is 30.5 Å². The number of benzene rings is 1. The smallest absolute Gasteiger partial charge is 0.274 e. The highest BCUT2D eigenvalue weighted by Crippen LogP contribution is 2.28. The van der Waals surface area contributed by atoms with Crippen LogP contribution in [0.2, 0.25) is 0 Å². The average molecular weight is 425 g/mol. The number of nitrogens with one attached hydrogen (secondary N) is 1. The van der Waals surface area contributed by atoms with Gasteiger partial charge in [-0.25, -0.2) is 13.8 Å². The van der Waals surface area contributed by atoms with Gasteiger partial charge in [-0.1, -0.05) is 12.1 Å². The third-order valence-electron chi connectivity index (χ3n) is 5.21. The number of carbonyl (C=O) groups excluding carboxylic acids is 1. The Bertz CT molecular complexity index is 1110. The van der Waals surface area contributed by atoms with Gasteiger partial charge in [0.05, 0.1) is 23.7 Å². The molecule has 0 unspecified atom stereocenters. The van der Waals surface area contributed by atoms with Crippen LogP contribution in [0.4, 0.5) is 20.2 Å². The number of rotatable bonds is 4. The van der Waals surface area contributed by atoms with E-state index in [0.29, 0.717) is 30.9 Å². The summed E-state index contributed by atoms with van der Waals surface area (Å²) in [5.41, 5.74) is 6.76. The van der Waals surface area contributed by atoms with Crippen LogP contribution in [0.1, 0.15) is 16.9 Å². The molecule has 1 saturated heterocycles. The van der Waals surface area contributed by atoms with Crippen molar-refractivity contribution in [3.05, 3.63) is 72.2 Å². The van der Waals surface area contributed by atoms with Crippen molar-refractivity contribution in [2.45, 2.75) is 18.6 Å². The number of nitrogens with two attached hydrogens (primary N) is 1. The molecule has 0 aliphatic carbocycles. The van der Waals surface area contributed by atoms with Crippen molar-refractivity contribution < 1.29 is 18.7 Å². The minimum absolute atomic E-state index is 0.0300. The summed E-state index contributed by atoms with van der Waals surface area (Å²) in [6, 6.07) is 9.30. The predicted octanol–water partition coefficient (Wildman–Crippen LogP) is 2.57. The summed E-state index contributed by atoms with van der Waals surface area (Å²) in [5.74, 6) is -1.96. The summed E-state index contributed by atoms with van der Waals surface area (Å²) in [6.45, 7) is 0.980. The number of aliphatic hydroxyl groups is 1. The fourth-order valence-electron chi connectivity index (χ4n) is 3.54. The van der Waals surface area contributed by atoms with Gasteiger partial charge in [-0.15, -0.1) is 0 Å². The van der Waals surface area contributed by atoms with Crippen molar-refractivity contribution in [2.75, 3.05) is 23.3 Å². The fourth-order valence-corrected chi connectivity index (χ4v) is 3.54. The highest BCUT2D eigenvalue weighted by molar-refractivity contribution is 6.04. The molecule has 7 nitrogen and oxygen atoms in total. The van der Waals surface area contributed by atoms with Gasteiger partial charge in [0.1, 0.15) is 23.0 Å². The van der Waals surface area contributed by atoms with Gasteiger partial charge in [0.15, 0.2) is 0 Å². The monoisotopic (exact) mass is 425 g/mol. The van der Waals surface area contributed by atoms with Crippen LogP contribution in [0, 0.1) is 11.6 Å². The SMILES string of the molecule is N[C@@H]1CN(c2ccncc2NC(=O)c2ccc(F)c(-c3ccccc3F)n2)CC[C@H]1O. The van der Waals surface area contributed by atoms with Gasteiger partial charge >= 0.3 is 0 Å². The van der Waals surface area contributed by atoms with Crippen LogP contribution in [0.15, 0.2) is 54.9 Å². The van der Waals surface area contributed by atoms with Gasteiger partial charge in [-0.2, -0.15) is 0 Å². The van der Waals surface area contributed by atoms with Crippen LogP contribution >= 0.6 is 0 Å². The Morgan fingerprint density at radius 1 is 1.16 bits per heavy atom. The maximum Gasteiger partial charge on any atom is 0.274 e. The van der Waals surface area contributed by atoms with Gasteiger partial charge in [0.25, 0.3) is 5.91 Å². The van der Waals surface area contributed by atoms with Crippen LogP contribution in [0.5, 0.6) is 0 Å². The quantitative estimate of drug-likeness (QED) is 0.594. The number of amides is 1. The van der Waals surface area contributed by atoms with E-state index in [0.717, 1.165) is 6.07 Å². The molecule has 0 saturated carbocycles. The predicted molar refractivity (Wildman–Crippen MR) is 113 cm³/mol. The molecule has 3 aromatic rings. The molecule has 0 radical (unpaired) electrons. The van der Waals surface area contributed by atoms with Crippen molar-refractivity contribution in [3.63, 3.8) is 0 Å². The van der Waals surface area contributed by atoms with E-state index in [1.807, 2.05) is 4.90 Å². The molecule has 160 valence electrons. The number of pyridine rings is 2. The highest BCUT2D eigenvalue weighted by Gasteiger charge is 2.26. The molecule has 4 N–H and O–H groups in total. The fraction of sp³-hybridized carbons (Fsp3) is 0.227. The Hall–Kier alpha value is -3.43. The van der Waals surface area contributed by atoms with E-state index in [9.17, 15) is 18.7 Å². The Labute approximate surface area is 177 Å². The molecule has 1 aromatic carbocycles. The molecule has 1 aliphatic rings. The van der Waals surface area contributed by atoms with E-state index >= 15 is 0 Å². The molecule has 0 bridgehead atoms. The van der Waals surface area contributed by atoms with Crippen LogP contribution in [0.3, 0.4) is 0 Å². The van der Waals surface area contributed by atoms with E-state index in [2.05, 4.69) is 15.3 Å². The molecule has 2 aromatic heterocycles. The van der Waals surface area contributed by atoms with E-state index in [-0.39, 0.29) is 17.0 Å². The molecule has 31 heavy (non-hydrogen) atoms. The molecule has 1 fully saturated rings. The second kappa shape index (κ2) is 8.75. The summed E-state index contributed by atoms with van der Waals surface area (Å²) in [5, 5.41) is 12.6. The lowest BCUT2D eigenvalue weighted by molar-refractivity contribution is 0.102. The van der Waals surface area contributed by atoms with Crippen LogP contribution in [-0.4, -0.2) is 46.2 Å². The number of halogens is 2. The number of hydrogen-bond donors (Lipinski definition) is 3. The Morgan fingerprint density at radius 3 is 2.74 bits per heavy atom. The zero-order valence-electron chi connectivity index (χ0n) is 16.5. The van der Waals surface area contributed by atoms with E-state index < -0.39 is 29.7 Å². The van der Waals surface area contributed by atoms with Crippen molar-refractivity contribution in [3.8, 4) is 11.3 Å². The van der Waals surface area contributed by atoms with Gasteiger partial charge < -0.3 is 21.1 Å². The number of piperidine rings is 1. The van der Waals surface area contributed by atoms with Crippen molar-refractivity contribution in [1.82, 2.24) is 9.97 Å². The summed E-state index contributed by atoms with van der Waals surface area (Å²) in [7, 11) is 0. The summed E-state index contributed by atoms with van der Waals surface area (Å²) in [6.07, 6.45) is 3.01. The van der Waals surface area contributed by atoms with Gasteiger partial charge in [0.2, 0.25) is 0 Å². The molecule has 1 aliphatic heterocycles. The van der Waals surface area contributed by atoms with E-state index in [1.54, 1.807) is 18.3 Å². The first-order chi connectivity index (χ1) is 14.9. The van der Waals surface area contributed by atoms with Gasteiger partial charge in [0, 0.05) is 30.9 Å². The lowest BCUT2D eigenvalue weighted by atomic mass is 10.0. The first kappa shape index (κ1) is 20.8. The van der Waals surface area contributed by atoms with Crippen molar-refractivity contribution in [2.24, 2.45) is 5.73 Å². The number of anilines is 2. The van der Waals surface area contributed by atoms with Crippen molar-refractivity contribution in [1.29, 1.82) is 0 Å². The topological polar surface area (TPSA) is 104 Å². The lowest BCUT2D eigenvalue weighted by Crippen LogP contribution is -2.51. The first-order valence-electron chi connectivity index (χ1n) is 9.79. The number of nitrogens with zero attached hydrogens (tertiary/aromatic N) is 3. The number of carbonyl (C=O) groups is 1. The van der Waals surface area contributed by atoms with Crippen LogP contribution < -0.4 is 16.0 Å². The third kappa shape index (κ3) is 4.37. The maximum absolute atomic E-state index is 14.3. The standard InChI is InChI=1S/C22H21F2N5O2/c23-14-4-2-1-3-13(14)21-15(24)5-6-17(27-21)22(31)28-18-11-26-9-7-19(18)29-10-8-20(30)16(25)12-29/h1-7,9,11,16,20,30H,8,10,12,25H2,(H,28,31)/t16-,20-/m1/s1. The molecule has 2 atom stereocenters. The van der Waals surface area contributed by atoms with Crippen LogP contribution in [-0.2, 0) is 0 Å². The number of aliphatic hydroxyl groups excluding tert-OH is 1. The molecule has 3 heterocycles. The van der Waals surface area contributed by atoms with Crippen LogP contribution in [0.25, 0.3) is 11.3 Å². The summed E-state index contributed by atoms with van der Waals surface area (Å²) < 4.78 is 28.4. The highest BCUT2D eigenvalue weighted by atomic mass is 19.1. The lowest BCUT2D eigenvalue weighted by Gasteiger charge is -2.36. The van der Waals surface area contributed by atoms with Gasteiger partial charge in [-0.05, 0) is 36.8 Å². The van der Waals surface area contributed by atoms with Gasteiger partial charge in [-0.3, -0.25) is 9.78 Å². The molecular formula is C22H21F2N5O2. The number of aromatic nitrogens is 2. The Balaban J connectivity index is 1.60. The molecule has 1 amide bonds. The average Bonchev–Trinajstić information content (AvgIpc) is 2.77. The second-order valence-corrected chi connectivity index (χ2v) is 7.32. The van der Waals surface area contributed by atoms with E-state index in [4.69, 9.17) is 5.73 Å². The molecular weight excluding hydrogens is 404 g/mol. The maximum atomic E-state index is 14.3. The molecule has 9 heteroatoms. The normalized spacial score (nSPS) is 18.6. The minimum Gasteiger partial charge on any atom is -0.391 e. The second-order valence-electron chi connectivity index (χ2n) is 7.32. The zero-order chi connectivity index (χ0) is 22.0. The third-order valence-corrected chi connectivity index (χ3v) is 5.21. The molecule has 4 rings (SSSR count). The minimum atomic E-state index is -0.732. The first-order valence-corrected chi connectivity index (χ1v) is 9.79. The Morgan fingerprint density at radius 2 is 1.97 bits per heavy atom. The van der Waals surface area contributed by atoms with Crippen molar-refractivity contribution >= 4 is 17.3 Å². The Kier molecular flexibility index (Phi) is 5.88.